The number of rotatable bonds is 0. The van der Waals surface area contributed by atoms with Crippen molar-refractivity contribution in [3.05, 3.63) is 130 Å². The summed E-state index contributed by atoms with van der Waals surface area (Å²) in [7, 11) is 0. The highest BCUT2D eigenvalue weighted by Crippen LogP contribution is 2.38. The third-order valence-corrected chi connectivity index (χ3v) is 6.28. The topological polar surface area (TPSA) is 37.9 Å². The van der Waals surface area contributed by atoms with Gasteiger partial charge >= 0.3 is 0 Å². The van der Waals surface area contributed by atoms with Gasteiger partial charge in [0.1, 0.15) is 11.2 Å². The molecule has 8 rings (SSSR count). The second-order valence-electron chi connectivity index (χ2n) is 8.21. The standard InChI is InChI=1S/C18H10N2.C12H8O/c1-3-7-14-11(5-1)12-9-10-16-17(18(12)20-14)13-6-2-4-8-15(13)19-16;1-3-7-11-9(5-1)10-6-2-4-8-12(10)13-11/h1-10H;1-8H. The minimum atomic E-state index is 0.962. The van der Waals surface area contributed by atoms with Crippen molar-refractivity contribution in [3.8, 4) is 11.1 Å². The fraction of sp³-hybridized carbons (Fsp3) is 0. The van der Waals surface area contributed by atoms with Gasteiger partial charge in [-0.05, 0) is 36.4 Å². The molecule has 5 aromatic carbocycles. The summed E-state index contributed by atoms with van der Waals surface area (Å²) in [6, 6.07) is 37.0. The van der Waals surface area contributed by atoms with Gasteiger partial charge in [-0.2, -0.15) is 0 Å². The SMILES string of the molecule is c1ccc2c(c1)N=c1ccc3c(c1-2)N=c1ccccc1=3.c1ccc2c(c1)oc1ccccc12. The fourth-order valence-electron chi connectivity index (χ4n) is 4.78. The van der Waals surface area contributed by atoms with Crippen LogP contribution in [-0.2, 0) is 0 Å². The van der Waals surface area contributed by atoms with Gasteiger partial charge in [-0.1, -0.05) is 72.8 Å². The van der Waals surface area contributed by atoms with E-state index in [2.05, 4.69) is 60.7 Å². The summed E-state index contributed by atoms with van der Waals surface area (Å²) in [6.45, 7) is 0. The van der Waals surface area contributed by atoms with Gasteiger partial charge in [0, 0.05) is 32.3 Å². The Hall–Kier alpha value is -4.50. The van der Waals surface area contributed by atoms with E-state index in [9.17, 15) is 0 Å². The lowest BCUT2D eigenvalue weighted by molar-refractivity contribution is 0.669. The summed E-state index contributed by atoms with van der Waals surface area (Å²) in [5, 5.41) is 6.90. The van der Waals surface area contributed by atoms with Gasteiger partial charge in [-0.3, -0.25) is 0 Å². The number of para-hydroxylation sites is 4. The van der Waals surface area contributed by atoms with Crippen LogP contribution in [0.1, 0.15) is 0 Å². The van der Waals surface area contributed by atoms with Crippen LogP contribution in [0.2, 0.25) is 0 Å². The molecule has 0 radical (unpaired) electrons. The highest BCUT2D eigenvalue weighted by Gasteiger charge is 2.19. The normalized spacial score (nSPS) is 12.1. The second-order valence-corrected chi connectivity index (χ2v) is 8.21. The van der Waals surface area contributed by atoms with Crippen molar-refractivity contribution >= 4 is 33.3 Å². The quantitative estimate of drug-likeness (QED) is 0.266. The summed E-state index contributed by atoms with van der Waals surface area (Å²) >= 11 is 0. The van der Waals surface area contributed by atoms with Crippen LogP contribution in [0.4, 0.5) is 11.4 Å². The first-order chi connectivity index (χ1) is 16.4. The third kappa shape index (κ3) is 2.76. The lowest BCUT2D eigenvalue weighted by Crippen LogP contribution is -2.00. The molecule has 33 heavy (non-hydrogen) atoms. The van der Waals surface area contributed by atoms with Crippen molar-refractivity contribution in [2.75, 3.05) is 0 Å². The monoisotopic (exact) mass is 422 g/mol. The van der Waals surface area contributed by atoms with Crippen LogP contribution in [0.25, 0.3) is 33.1 Å². The first kappa shape index (κ1) is 18.1. The summed E-state index contributed by atoms with van der Waals surface area (Å²) in [5.74, 6) is 0. The van der Waals surface area contributed by atoms with Crippen LogP contribution in [0.3, 0.4) is 0 Å². The number of furan rings is 1. The van der Waals surface area contributed by atoms with Crippen LogP contribution in [0, 0.1) is 10.4 Å². The van der Waals surface area contributed by atoms with Crippen molar-refractivity contribution in [3.63, 3.8) is 0 Å². The number of benzene rings is 5. The largest absolute Gasteiger partial charge is 0.456 e. The van der Waals surface area contributed by atoms with Crippen molar-refractivity contribution in [1.82, 2.24) is 0 Å². The van der Waals surface area contributed by atoms with Crippen molar-refractivity contribution in [2.24, 2.45) is 9.98 Å². The van der Waals surface area contributed by atoms with Crippen molar-refractivity contribution in [1.29, 1.82) is 0 Å². The minimum absolute atomic E-state index is 0.962. The summed E-state index contributed by atoms with van der Waals surface area (Å²) in [6.07, 6.45) is 0. The van der Waals surface area contributed by atoms with E-state index in [0.717, 1.165) is 33.3 Å². The van der Waals surface area contributed by atoms with Crippen LogP contribution < -0.4 is 10.7 Å². The van der Waals surface area contributed by atoms with Crippen molar-refractivity contribution < 1.29 is 4.42 Å². The summed E-state index contributed by atoms with van der Waals surface area (Å²) < 4.78 is 5.65. The maximum atomic E-state index is 5.65. The van der Waals surface area contributed by atoms with E-state index in [1.54, 1.807) is 0 Å². The van der Waals surface area contributed by atoms with Gasteiger partial charge in [0.15, 0.2) is 0 Å². The Morgan fingerprint density at radius 1 is 0.485 bits per heavy atom. The smallest absolute Gasteiger partial charge is 0.135 e. The van der Waals surface area contributed by atoms with Crippen LogP contribution >= 0.6 is 0 Å². The lowest BCUT2D eigenvalue weighted by atomic mass is 10.0. The summed E-state index contributed by atoms with van der Waals surface area (Å²) in [4.78, 5) is 9.52. The molecule has 0 saturated carbocycles. The van der Waals surface area contributed by atoms with Gasteiger partial charge in [0.2, 0.25) is 0 Å². The molecule has 3 heteroatoms. The molecule has 3 heterocycles. The molecule has 0 saturated heterocycles. The van der Waals surface area contributed by atoms with Crippen LogP contribution in [0.5, 0.6) is 0 Å². The molecule has 0 bridgehead atoms. The van der Waals surface area contributed by atoms with Crippen LogP contribution in [0.15, 0.2) is 124 Å². The highest BCUT2D eigenvalue weighted by molar-refractivity contribution is 6.04. The molecule has 0 spiro atoms. The Balaban J connectivity index is 0.000000127. The second kappa shape index (κ2) is 7.01. The van der Waals surface area contributed by atoms with E-state index in [4.69, 9.17) is 14.4 Å². The average molecular weight is 422 g/mol. The molecule has 1 aromatic heterocycles. The molecule has 0 unspecified atom stereocenters. The first-order valence-electron chi connectivity index (χ1n) is 11.0. The molecule has 0 fully saturated rings. The Bertz CT molecular complexity index is 1880. The molecule has 154 valence electrons. The van der Waals surface area contributed by atoms with Gasteiger partial charge in [0.05, 0.1) is 22.1 Å². The molecule has 0 N–H and O–H groups in total. The zero-order chi connectivity index (χ0) is 21.8. The zero-order valence-electron chi connectivity index (χ0n) is 17.7. The van der Waals surface area contributed by atoms with E-state index < -0.39 is 0 Å². The third-order valence-electron chi connectivity index (χ3n) is 6.28. The zero-order valence-corrected chi connectivity index (χ0v) is 17.7. The Kier molecular flexibility index (Phi) is 3.84. The van der Waals surface area contributed by atoms with E-state index in [-0.39, 0.29) is 0 Å². The van der Waals surface area contributed by atoms with Gasteiger partial charge < -0.3 is 4.42 Å². The molecular weight excluding hydrogens is 404 g/mol. The van der Waals surface area contributed by atoms with E-state index in [0.29, 0.717) is 0 Å². The van der Waals surface area contributed by atoms with Gasteiger partial charge in [-0.15, -0.1) is 0 Å². The average Bonchev–Trinajstić information content (AvgIpc) is 3.55. The Morgan fingerprint density at radius 3 is 1.97 bits per heavy atom. The summed E-state index contributed by atoms with van der Waals surface area (Å²) in [5.41, 5.74) is 6.40. The fourth-order valence-corrected chi connectivity index (χ4v) is 4.78. The minimum Gasteiger partial charge on any atom is -0.456 e. The molecule has 0 amide bonds. The van der Waals surface area contributed by atoms with Crippen molar-refractivity contribution in [2.45, 2.75) is 0 Å². The molecule has 6 aromatic rings. The van der Waals surface area contributed by atoms with Gasteiger partial charge in [-0.25, -0.2) is 9.98 Å². The van der Waals surface area contributed by atoms with Gasteiger partial charge in [0.25, 0.3) is 0 Å². The molecule has 3 nitrogen and oxygen atoms in total. The van der Waals surface area contributed by atoms with Crippen LogP contribution in [-0.4, -0.2) is 0 Å². The van der Waals surface area contributed by atoms with E-state index in [1.165, 1.54) is 32.3 Å². The predicted molar refractivity (Wildman–Crippen MR) is 131 cm³/mol. The maximum absolute atomic E-state index is 5.65. The highest BCUT2D eigenvalue weighted by atomic mass is 16.3. The molecule has 2 aliphatic heterocycles. The van der Waals surface area contributed by atoms with E-state index in [1.807, 2.05) is 48.5 Å². The number of hydrogen-bond acceptors (Lipinski definition) is 3. The molecule has 0 aliphatic carbocycles. The first-order valence-corrected chi connectivity index (χ1v) is 11.0. The number of hydrogen-bond donors (Lipinski definition) is 0. The molecule has 2 aliphatic rings. The predicted octanol–water partition coefficient (Wildman–Crippen LogP) is 6.76. The number of fused-ring (bicyclic) bond motifs is 9. The maximum Gasteiger partial charge on any atom is 0.135 e. The molecular formula is C30H18N2O. The number of nitrogens with zero attached hydrogens (tertiary/aromatic N) is 2. The Labute approximate surface area is 189 Å². The lowest BCUT2D eigenvalue weighted by Gasteiger charge is -2.01. The Morgan fingerprint density at radius 2 is 1.15 bits per heavy atom. The molecule has 0 atom stereocenters. The van der Waals surface area contributed by atoms with E-state index >= 15 is 0 Å².